The number of ether oxygens (including phenoxy) is 1. The van der Waals surface area contributed by atoms with E-state index in [-0.39, 0.29) is 0 Å². The van der Waals surface area contributed by atoms with E-state index in [0.717, 1.165) is 18.8 Å². The van der Waals surface area contributed by atoms with Crippen molar-refractivity contribution in [2.45, 2.75) is 6.42 Å². The SMILES string of the molecule is C[NH+]1CC[NH+](CCCOc2ccc(C#N)cc2)CC1. The van der Waals surface area contributed by atoms with E-state index in [4.69, 9.17) is 10.00 Å². The Labute approximate surface area is 115 Å². The van der Waals surface area contributed by atoms with E-state index in [1.807, 2.05) is 12.1 Å². The van der Waals surface area contributed by atoms with E-state index in [2.05, 4.69) is 13.1 Å². The number of nitriles is 1. The molecule has 1 saturated heterocycles. The van der Waals surface area contributed by atoms with Gasteiger partial charge in [0, 0.05) is 6.42 Å². The molecule has 1 heterocycles. The van der Waals surface area contributed by atoms with Crippen LogP contribution in [0.1, 0.15) is 12.0 Å². The highest BCUT2D eigenvalue weighted by molar-refractivity contribution is 5.34. The molecular weight excluding hydrogens is 238 g/mol. The molecule has 0 amide bonds. The summed E-state index contributed by atoms with van der Waals surface area (Å²) >= 11 is 0. The Bertz CT molecular complexity index is 416. The van der Waals surface area contributed by atoms with Crippen LogP contribution in [-0.2, 0) is 0 Å². The van der Waals surface area contributed by atoms with E-state index in [1.54, 1.807) is 21.9 Å². The van der Waals surface area contributed by atoms with E-state index in [0.29, 0.717) is 5.56 Å². The summed E-state index contributed by atoms with van der Waals surface area (Å²) in [5.41, 5.74) is 0.678. The lowest BCUT2D eigenvalue weighted by molar-refractivity contribution is -1.00. The second kappa shape index (κ2) is 7.13. The van der Waals surface area contributed by atoms with Crippen molar-refractivity contribution in [1.29, 1.82) is 5.26 Å². The van der Waals surface area contributed by atoms with Crippen molar-refractivity contribution < 1.29 is 14.5 Å². The average molecular weight is 261 g/mol. The van der Waals surface area contributed by atoms with Crippen LogP contribution in [0.5, 0.6) is 5.75 Å². The molecule has 4 nitrogen and oxygen atoms in total. The summed E-state index contributed by atoms with van der Waals surface area (Å²) in [6, 6.07) is 9.43. The van der Waals surface area contributed by atoms with Gasteiger partial charge in [0.25, 0.3) is 0 Å². The minimum Gasteiger partial charge on any atom is -0.493 e. The van der Waals surface area contributed by atoms with Crippen LogP contribution in [0.15, 0.2) is 24.3 Å². The number of nitrogens with zero attached hydrogens (tertiary/aromatic N) is 1. The highest BCUT2D eigenvalue weighted by atomic mass is 16.5. The van der Waals surface area contributed by atoms with E-state index < -0.39 is 0 Å². The molecule has 1 aromatic rings. The molecule has 4 heteroatoms. The van der Waals surface area contributed by atoms with E-state index in [9.17, 15) is 0 Å². The summed E-state index contributed by atoms with van der Waals surface area (Å²) in [6.07, 6.45) is 1.09. The molecule has 102 valence electrons. The smallest absolute Gasteiger partial charge is 0.127 e. The maximum Gasteiger partial charge on any atom is 0.127 e. The van der Waals surface area contributed by atoms with Gasteiger partial charge in [-0.05, 0) is 24.3 Å². The number of piperazine rings is 1. The van der Waals surface area contributed by atoms with Crippen LogP contribution in [0, 0.1) is 11.3 Å². The number of benzene rings is 1. The molecule has 0 saturated carbocycles. The third kappa shape index (κ3) is 4.55. The van der Waals surface area contributed by atoms with Crippen molar-refractivity contribution in [1.82, 2.24) is 0 Å². The Hall–Kier alpha value is -1.57. The quantitative estimate of drug-likeness (QED) is 0.650. The lowest BCUT2D eigenvalue weighted by Crippen LogP contribution is -3.27. The van der Waals surface area contributed by atoms with Gasteiger partial charge in [0.2, 0.25) is 0 Å². The molecule has 1 aromatic carbocycles. The Kier molecular flexibility index (Phi) is 5.20. The molecule has 0 bridgehead atoms. The van der Waals surface area contributed by atoms with Gasteiger partial charge in [-0.3, -0.25) is 0 Å². The highest BCUT2D eigenvalue weighted by Crippen LogP contribution is 2.11. The van der Waals surface area contributed by atoms with Crippen molar-refractivity contribution in [3.05, 3.63) is 29.8 Å². The lowest BCUT2D eigenvalue weighted by atomic mass is 10.2. The molecule has 1 fully saturated rings. The van der Waals surface area contributed by atoms with E-state index in [1.165, 1.54) is 32.7 Å². The monoisotopic (exact) mass is 261 g/mol. The van der Waals surface area contributed by atoms with Gasteiger partial charge in [0.15, 0.2) is 0 Å². The molecule has 0 radical (unpaired) electrons. The second-order valence-electron chi connectivity index (χ2n) is 5.30. The topological polar surface area (TPSA) is 41.9 Å². The second-order valence-corrected chi connectivity index (χ2v) is 5.30. The van der Waals surface area contributed by atoms with Crippen molar-refractivity contribution in [3.63, 3.8) is 0 Å². The fraction of sp³-hybridized carbons (Fsp3) is 0.533. The van der Waals surface area contributed by atoms with Gasteiger partial charge in [-0.15, -0.1) is 0 Å². The van der Waals surface area contributed by atoms with Gasteiger partial charge >= 0.3 is 0 Å². The molecule has 19 heavy (non-hydrogen) atoms. The predicted molar refractivity (Wildman–Crippen MR) is 73.5 cm³/mol. The van der Waals surface area contributed by atoms with Crippen molar-refractivity contribution in [2.75, 3.05) is 46.4 Å². The zero-order chi connectivity index (χ0) is 13.5. The zero-order valence-electron chi connectivity index (χ0n) is 11.6. The van der Waals surface area contributed by atoms with Crippen molar-refractivity contribution in [3.8, 4) is 11.8 Å². The van der Waals surface area contributed by atoms with Crippen molar-refractivity contribution in [2.24, 2.45) is 0 Å². The van der Waals surface area contributed by atoms with Crippen LogP contribution in [0.4, 0.5) is 0 Å². The summed E-state index contributed by atoms with van der Waals surface area (Å²) in [7, 11) is 2.27. The minimum absolute atomic E-state index is 0.678. The number of rotatable bonds is 5. The predicted octanol–water partition coefficient (Wildman–Crippen LogP) is -1.26. The molecule has 0 aromatic heterocycles. The maximum absolute atomic E-state index is 8.71. The number of nitrogens with one attached hydrogen (secondary N) is 2. The van der Waals surface area contributed by atoms with Crippen LogP contribution in [0.25, 0.3) is 0 Å². The van der Waals surface area contributed by atoms with Crippen molar-refractivity contribution >= 4 is 0 Å². The summed E-state index contributed by atoms with van der Waals surface area (Å²) < 4.78 is 5.69. The molecular formula is C15H23N3O+2. The van der Waals surface area contributed by atoms with Gasteiger partial charge in [0.1, 0.15) is 31.9 Å². The summed E-state index contributed by atoms with van der Waals surface area (Å²) in [5.74, 6) is 0.858. The van der Waals surface area contributed by atoms with Gasteiger partial charge in [-0.25, -0.2) is 0 Å². The van der Waals surface area contributed by atoms with Crippen LogP contribution < -0.4 is 14.5 Å². The first-order valence-electron chi connectivity index (χ1n) is 7.06. The molecule has 0 spiro atoms. The Morgan fingerprint density at radius 3 is 2.47 bits per heavy atom. The summed E-state index contributed by atoms with van der Waals surface area (Å²) in [6.45, 7) is 7.09. The van der Waals surface area contributed by atoms with Gasteiger partial charge in [0.05, 0.1) is 31.8 Å². The standard InChI is InChI=1S/C15H21N3O/c1-17-8-10-18(11-9-17)7-2-12-19-15-5-3-14(13-16)4-6-15/h3-6H,2,7-12H2,1H3/p+2. The maximum atomic E-state index is 8.71. The van der Waals surface area contributed by atoms with E-state index >= 15 is 0 Å². The molecule has 2 rings (SSSR count). The molecule has 1 aliphatic heterocycles. The third-order valence-electron chi connectivity index (χ3n) is 3.74. The molecule has 1 aliphatic rings. The number of hydrogen-bond donors (Lipinski definition) is 2. The Balaban J connectivity index is 1.62. The molecule has 0 unspecified atom stereocenters. The fourth-order valence-electron chi connectivity index (χ4n) is 2.42. The molecule has 2 N–H and O–H groups in total. The largest absolute Gasteiger partial charge is 0.493 e. The molecule has 0 aliphatic carbocycles. The number of hydrogen-bond acceptors (Lipinski definition) is 2. The number of quaternary nitrogens is 2. The fourth-order valence-corrected chi connectivity index (χ4v) is 2.42. The Morgan fingerprint density at radius 1 is 1.16 bits per heavy atom. The van der Waals surface area contributed by atoms with Crippen LogP contribution in [0.2, 0.25) is 0 Å². The minimum atomic E-state index is 0.678. The summed E-state index contributed by atoms with van der Waals surface area (Å²) in [4.78, 5) is 3.35. The Morgan fingerprint density at radius 2 is 1.84 bits per heavy atom. The first-order chi connectivity index (χ1) is 9.28. The van der Waals surface area contributed by atoms with Crippen LogP contribution in [-0.4, -0.2) is 46.4 Å². The third-order valence-corrected chi connectivity index (χ3v) is 3.74. The van der Waals surface area contributed by atoms with Gasteiger partial charge < -0.3 is 14.5 Å². The first-order valence-corrected chi connectivity index (χ1v) is 7.06. The van der Waals surface area contributed by atoms with Crippen LogP contribution in [0.3, 0.4) is 0 Å². The average Bonchev–Trinajstić information content (AvgIpc) is 2.46. The zero-order valence-corrected chi connectivity index (χ0v) is 11.6. The van der Waals surface area contributed by atoms with Gasteiger partial charge in [-0.1, -0.05) is 0 Å². The van der Waals surface area contributed by atoms with Gasteiger partial charge in [-0.2, -0.15) is 5.26 Å². The number of likely N-dealkylation sites (N-methyl/N-ethyl adjacent to an activating group) is 1. The lowest BCUT2D eigenvalue weighted by Gasteiger charge is -2.27. The highest BCUT2D eigenvalue weighted by Gasteiger charge is 2.18. The molecule has 0 atom stereocenters. The van der Waals surface area contributed by atoms with Crippen LogP contribution >= 0.6 is 0 Å². The summed E-state index contributed by atoms with van der Waals surface area (Å²) in [5, 5.41) is 8.71. The first kappa shape index (κ1) is 13.9. The normalized spacial score (nSPS) is 22.7.